The number of halogens is 1. The quantitative estimate of drug-likeness (QED) is 0.172. The first-order valence-corrected chi connectivity index (χ1v) is 12.3. The fourth-order valence-electron chi connectivity index (χ4n) is 3.69. The van der Waals surface area contributed by atoms with Crippen LogP contribution in [0.15, 0.2) is 48.5 Å². The molecule has 33 heavy (non-hydrogen) atoms. The lowest BCUT2D eigenvalue weighted by Crippen LogP contribution is -2.28. The Morgan fingerprint density at radius 3 is 2.27 bits per heavy atom. The van der Waals surface area contributed by atoms with Crippen molar-refractivity contribution in [3.05, 3.63) is 71.0 Å². The van der Waals surface area contributed by atoms with E-state index in [-0.39, 0.29) is 11.8 Å². The minimum Gasteiger partial charge on any atom is -0.368 e. The second-order valence-corrected chi connectivity index (χ2v) is 8.51. The average molecular weight is 452 g/mol. The lowest BCUT2D eigenvalue weighted by Gasteiger charge is -2.20. The summed E-state index contributed by atoms with van der Waals surface area (Å²) in [5.41, 5.74) is 2.61. The molecule has 0 heterocycles. The van der Waals surface area contributed by atoms with E-state index in [0.717, 1.165) is 24.0 Å². The molecule has 178 valence electrons. The zero-order valence-electron chi connectivity index (χ0n) is 20.2. The van der Waals surface area contributed by atoms with Crippen molar-refractivity contribution < 1.29 is 14.0 Å². The van der Waals surface area contributed by atoms with Crippen LogP contribution in [0.4, 0.5) is 4.39 Å². The van der Waals surface area contributed by atoms with Crippen LogP contribution in [0.3, 0.4) is 0 Å². The van der Waals surface area contributed by atoms with Gasteiger partial charge in [-0.2, -0.15) is 0 Å². The van der Waals surface area contributed by atoms with Gasteiger partial charge in [0.2, 0.25) is 0 Å². The second-order valence-electron chi connectivity index (χ2n) is 8.51. The van der Waals surface area contributed by atoms with Crippen LogP contribution in [-0.2, 0) is 22.6 Å². The summed E-state index contributed by atoms with van der Waals surface area (Å²) < 4.78 is 13.9. The minimum absolute atomic E-state index is 0.241. The summed E-state index contributed by atoms with van der Waals surface area (Å²) in [7, 11) is 0. The average Bonchev–Trinajstić information content (AvgIpc) is 2.80. The molecule has 0 bridgehead atoms. The highest BCUT2D eigenvalue weighted by atomic mass is 19.1. The topological polar surface area (TPSA) is 29.5 Å². The molecule has 0 aliphatic rings. The maximum absolute atomic E-state index is 13.9. The summed E-state index contributed by atoms with van der Waals surface area (Å²) in [5.74, 6) is 5.89. The summed E-state index contributed by atoms with van der Waals surface area (Å²) in [6, 6.07) is 14.7. The van der Waals surface area contributed by atoms with Gasteiger partial charge in [-0.3, -0.25) is 4.79 Å². The van der Waals surface area contributed by atoms with E-state index in [0.29, 0.717) is 25.1 Å². The standard InChI is InChI=1S/C29H38FNO2/c1-3-4-5-6-7-8-9-10-11-12-15-26-18-20-27(21-19-26)24-31(33-25(2)32)23-22-28-16-13-14-17-29(28)30/h13-14,16-21H,3-11,22-24H2,1-2H3. The Hall–Kier alpha value is -2.64. The van der Waals surface area contributed by atoms with E-state index in [4.69, 9.17) is 4.84 Å². The van der Waals surface area contributed by atoms with Crippen LogP contribution >= 0.6 is 0 Å². The summed E-state index contributed by atoms with van der Waals surface area (Å²) in [4.78, 5) is 16.8. The number of hydrogen-bond acceptors (Lipinski definition) is 3. The first-order chi connectivity index (χ1) is 16.1. The molecule has 0 atom stereocenters. The number of nitrogens with zero attached hydrogens (tertiary/aromatic N) is 1. The summed E-state index contributed by atoms with van der Waals surface area (Å²) >= 11 is 0. The van der Waals surface area contributed by atoms with Crippen LogP contribution in [0.1, 0.15) is 88.3 Å². The molecular weight excluding hydrogens is 413 g/mol. The SMILES string of the molecule is CCCCCCCCCCC#Cc1ccc(CN(CCc2ccccc2F)OC(C)=O)cc1. The number of rotatable bonds is 14. The van der Waals surface area contributed by atoms with Crippen molar-refractivity contribution >= 4 is 5.97 Å². The molecule has 0 aliphatic heterocycles. The number of benzene rings is 2. The van der Waals surface area contributed by atoms with Gasteiger partial charge in [0.25, 0.3) is 0 Å². The Kier molecular flexibility index (Phi) is 12.9. The molecule has 2 aromatic rings. The van der Waals surface area contributed by atoms with E-state index >= 15 is 0 Å². The molecular formula is C29H38FNO2. The lowest BCUT2D eigenvalue weighted by atomic mass is 10.1. The minimum atomic E-state index is -0.382. The molecule has 0 amide bonds. The molecule has 0 saturated heterocycles. The van der Waals surface area contributed by atoms with Crippen molar-refractivity contribution in [2.45, 2.75) is 84.6 Å². The number of hydroxylamine groups is 2. The Morgan fingerprint density at radius 2 is 1.61 bits per heavy atom. The fraction of sp³-hybridized carbons (Fsp3) is 0.483. The number of hydrogen-bond donors (Lipinski definition) is 0. The van der Waals surface area contributed by atoms with Crippen LogP contribution in [-0.4, -0.2) is 17.6 Å². The predicted molar refractivity (Wildman–Crippen MR) is 133 cm³/mol. The van der Waals surface area contributed by atoms with Crippen molar-refractivity contribution in [2.75, 3.05) is 6.54 Å². The Bertz CT molecular complexity index is 882. The van der Waals surface area contributed by atoms with E-state index in [2.05, 4.69) is 18.8 Å². The van der Waals surface area contributed by atoms with Crippen LogP contribution in [0.2, 0.25) is 0 Å². The van der Waals surface area contributed by atoms with Gasteiger partial charge >= 0.3 is 5.97 Å². The van der Waals surface area contributed by atoms with Gasteiger partial charge in [0.15, 0.2) is 0 Å². The Balaban J connectivity index is 1.76. The smallest absolute Gasteiger partial charge is 0.322 e. The van der Waals surface area contributed by atoms with Crippen molar-refractivity contribution in [2.24, 2.45) is 0 Å². The molecule has 0 fully saturated rings. The Labute approximate surface area is 199 Å². The second kappa shape index (κ2) is 16.0. The highest BCUT2D eigenvalue weighted by Gasteiger charge is 2.11. The van der Waals surface area contributed by atoms with E-state index in [9.17, 15) is 9.18 Å². The van der Waals surface area contributed by atoms with Gasteiger partial charge < -0.3 is 4.84 Å². The third-order valence-electron chi connectivity index (χ3n) is 5.55. The summed E-state index contributed by atoms with van der Waals surface area (Å²) in [6.45, 7) is 4.49. The van der Waals surface area contributed by atoms with Crippen molar-refractivity contribution in [1.82, 2.24) is 5.06 Å². The first-order valence-electron chi connectivity index (χ1n) is 12.3. The van der Waals surface area contributed by atoms with Gasteiger partial charge in [0.1, 0.15) is 5.82 Å². The maximum atomic E-state index is 13.9. The van der Waals surface area contributed by atoms with Gasteiger partial charge in [-0.15, -0.1) is 5.06 Å². The number of carbonyl (C=O) groups is 1. The van der Waals surface area contributed by atoms with Gasteiger partial charge in [-0.1, -0.05) is 94.0 Å². The molecule has 0 unspecified atom stereocenters. The van der Waals surface area contributed by atoms with Crippen LogP contribution in [0.25, 0.3) is 0 Å². The molecule has 2 rings (SSSR count). The molecule has 2 aromatic carbocycles. The normalized spacial score (nSPS) is 10.7. The zero-order chi connectivity index (χ0) is 23.7. The van der Waals surface area contributed by atoms with E-state index in [1.54, 1.807) is 17.2 Å². The lowest BCUT2D eigenvalue weighted by molar-refractivity contribution is -0.190. The summed E-state index contributed by atoms with van der Waals surface area (Å²) in [6.07, 6.45) is 11.9. The highest BCUT2D eigenvalue weighted by Crippen LogP contribution is 2.12. The molecule has 0 spiro atoms. The molecule has 0 N–H and O–H groups in total. The van der Waals surface area contributed by atoms with Gasteiger partial charge in [-0.25, -0.2) is 4.39 Å². The predicted octanol–water partition coefficient (Wildman–Crippen LogP) is 7.23. The molecule has 4 heteroatoms. The molecule has 0 aliphatic carbocycles. The van der Waals surface area contributed by atoms with Crippen molar-refractivity contribution in [3.63, 3.8) is 0 Å². The molecule has 3 nitrogen and oxygen atoms in total. The van der Waals surface area contributed by atoms with Crippen LogP contribution < -0.4 is 0 Å². The van der Waals surface area contributed by atoms with Gasteiger partial charge in [-0.05, 0) is 42.2 Å². The third-order valence-corrected chi connectivity index (χ3v) is 5.55. The van der Waals surface area contributed by atoms with E-state index in [1.165, 1.54) is 57.9 Å². The highest BCUT2D eigenvalue weighted by molar-refractivity contribution is 5.65. The third kappa shape index (κ3) is 11.7. The van der Waals surface area contributed by atoms with Crippen LogP contribution in [0.5, 0.6) is 0 Å². The molecule has 0 radical (unpaired) electrons. The van der Waals surface area contributed by atoms with Crippen LogP contribution in [0, 0.1) is 17.7 Å². The van der Waals surface area contributed by atoms with Gasteiger partial charge in [0, 0.05) is 25.5 Å². The largest absolute Gasteiger partial charge is 0.368 e. The van der Waals surface area contributed by atoms with Crippen molar-refractivity contribution in [3.8, 4) is 11.8 Å². The fourth-order valence-corrected chi connectivity index (χ4v) is 3.69. The van der Waals surface area contributed by atoms with E-state index < -0.39 is 0 Å². The molecule has 0 aromatic heterocycles. The molecule has 0 saturated carbocycles. The summed E-state index contributed by atoms with van der Waals surface area (Å²) in [5, 5.41) is 1.58. The number of unbranched alkanes of at least 4 members (excludes halogenated alkanes) is 8. The number of carbonyl (C=O) groups excluding carboxylic acids is 1. The first kappa shape index (κ1) is 26.6. The monoisotopic (exact) mass is 451 g/mol. The van der Waals surface area contributed by atoms with Crippen molar-refractivity contribution in [1.29, 1.82) is 0 Å². The maximum Gasteiger partial charge on any atom is 0.322 e. The zero-order valence-corrected chi connectivity index (χ0v) is 20.2. The van der Waals surface area contributed by atoms with Gasteiger partial charge in [0.05, 0.1) is 6.54 Å². The van der Waals surface area contributed by atoms with E-state index in [1.807, 2.05) is 30.3 Å². The Morgan fingerprint density at radius 1 is 0.939 bits per heavy atom.